The van der Waals surface area contributed by atoms with E-state index in [0.717, 1.165) is 36.8 Å². The van der Waals surface area contributed by atoms with Crippen LogP contribution >= 0.6 is 0 Å². The maximum atomic E-state index is 12.4. The lowest BCUT2D eigenvalue weighted by Crippen LogP contribution is -2.38. The Kier molecular flexibility index (Phi) is 4.24. The van der Waals surface area contributed by atoms with Gasteiger partial charge in [-0.2, -0.15) is 0 Å². The third-order valence-electron chi connectivity index (χ3n) is 4.13. The van der Waals surface area contributed by atoms with Gasteiger partial charge in [-0.1, -0.05) is 29.8 Å². The second-order valence-electron chi connectivity index (χ2n) is 5.88. The van der Waals surface area contributed by atoms with Gasteiger partial charge in [0.25, 0.3) is 5.91 Å². The molecular formula is C17H20N2O3. The number of oxazole rings is 1. The summed E-state index contributed by atoms with van der Waals surface area (Å²) >= 11 is 0. The molecule has 1 saturated carbocycles. The van der Waals surface area contributed by atoms with E-state index in [9.17, 15) is 9.90 Å². The highest BCUT2D eigenvalue weighted by Gasteiger charge is 2.24. The molecule has 1 aromatic carbocycles. The van der Waals surface area contributed by atoms with Gasteiger partial charge in [0.1, 0.15) is 0 Å². The average molecular weight is 300 g/mol. The maximum absolute atomic E-state index is 12.4. The topological polar surface area (TPSA) is 75.4 Å². The molecule has 0 aliphatic heterocycles. The highest BCUT2D eigenvalue weighted by atomic mass is 16.3. The number of hydrogen-bond acceptors (Lipinski definition) is 4. The van der Waals surface area contributed by atoms with Crippen LogP contribution in [-0.2, 0) is 0 Å². The Bertz CT molecular complexity index is 640. The number of aromatic nitrogens is 1. The number of rotatable bonds is 3. The molecule has 1 amide bonds. The van der Waals surface area contributed by atoms with Gasteiger partial charge < -0.3 is 14.8 Å². The minimum absolute atomic E-state index is 0.0958. The Hall–Kier alpha value is -2.14. The number of benzene rings is 1. The van der Waals surface area contributed by atoms with E-state index in [1.807, 2.05) is 31.2 Å². The Labute approximate surface area is 129 Å². The van der Waals surface area contributed by atoms with Gasteiger partial charge >= 0.3 is 0 Å². The summed E-state index contributed by atoms with van der Waals surface area (Å²) in [5.74, 6) is 0.277. The molecule has 0 spiro atoms. The van der Waals surface area contributed by atoms with Crippen molar-refractivity contribution in [2.45, 2.75) is 44.8 Å². The molecule has 0 atom stereocenters. The lowest BCUT2D eigenvalue weighted by atomic mass is 9.93. The molecular weight excluding hydrogens is 280 g/mol. The average Bonchev–Trinajstić information content (AvgIpc) is 3.00. The normalized spacial score (nSPS) is 21.5. The van der Waals surface area contributed by atoms with Gasteiger partial charge in [-0.05, 0) is 32.6 Å². The summed E-state index contributed by atoms with van der Waals surface area (Å²) < 4.78 is 5.41. The minimum atomic E-state index is -0.233. The molecule has 0 radical (unpaired) electrons. The van der Waals surface area contributed by atoms with Crippen molar-refractivity contribution in [3.63, 3.8) is 0 Å². The first-order valence-electron chi connectivity index (χ1n) is 7.63. The summed E-state index contributed by atoms with van der Waals surface area (Å²) in [6.45, 7) is 2.01. The number of aryl methyl sites for hydroxylation is 1. The fraction of sp³-hybridized carbons (Fsp3) is 0.412. The number of aliphatic hydroxyl groups excluding tert-OH is 1. The first-order chi connectivity index (χ1) is 10.6. The van der Waals surface area contributed by atoms with Gasteiger partial charge in [-0.3, -0.25) is 4.79 Å². The zero-order chi connectivity index (χ0) is 15.5. The molecule has 0 saturated heterocycles. The van der Waals surface area contributed by atoms with Crippen molar-refractivity contribution in [1.82, 2.24) is 10.3 Å². The van der Waals surface area contributed by atoms with E-state index in [4.69, 9.17) is 4.42 Å². The number of carbonyl (C=O) groups is 1. The molecule has 2 N–H and O–H groups in total. The highest BCUT2D eigenvalue weighted by Crippen LogP contribution is 2.24. The minimum Gasteiger partial charge on any atom is -0.443 e. The molecule has 1 fully saturated rings. The molecule has 5 nitrogen and oxygen atoms in total. The summed E-state index contributed by atoms with van der Waals surface area (Å²) in [6.07, 6.45) is 4.12. The molecule has 116 valence electrons. The summed E-state index contributed by atoms with van der Waals surface area (Å²) in [5.41, 5.74) is 2.30. The molecule has 0 bridgehead atoms. The number of aliphatic hydroxyl groups is 1. The second-order valence-corrected chi connectivity index (χ2v) is 5.88. The predicted molar refractivity (Wildman–Crippen MR) is 82.4 cm³/mol. The SMILES string of the molecule is Cc1ccc(-c2ocnc2C(=O)NC2CCC(O)CC2)cc1. The van der Waals surface area contributed by atoms with Crippen molar-refractivity contribution in [2.24, 2.45) is 0 Å². The van der Waals surface area contributed by atoms with Crippen LogP contribution in [0.5, 0.6) is 0 Å². The Morgan fingerprint density at radius 2 is 1.91 bits per heavy atom. The monoisotopic (exact) mass is 300 g/mol. The summed E-state index contributed by atoms with van der Waals surface area (Å²) in [4.78, 5) is 16.5. The fourth-order valence-corrected chi connectivity index (χ4v) is 2.79. The molecule has 3 rings (SSSR count). The fourth-order valence-electron chi connectivity index (χ4n) is 2.79. The number of carbonyl (C=O) groups excluding carboxylic acids is 1. The molecule has 0 unspecified atom stereocenters. The van der Waals surface area contributed by atoms with Crippen molar-refractivity contribution >= 4 is 5.91 Å². The van der Waals surface area contributed by atoms with E-state index in [1.54, 1.807) is 0 Å². The van der Waals surface area contributed by atoms with Crippen LogP contribution in [0.4, 0.5) is 0 Å². The largest absolute Gasteiger partial charge is 0.443 e. The number of amides is 1. The third kappa shape index (κ3) is 3.20. The van der Waals surface area contributed by atoms with E-state index in [0.29, 0.717) is 11.5 Å². The van der Waals surface area contributed by atoms with Crippen LogP contribution in [-0.4, -0.2) is 28.1 Å². The second kappa shape index (κ2) is 6.32. The number of nitrogens with one attached hydrogen (secondary N) is 1. The highest BCUT2D eigenvalue weighted by molar-refractivity contribution is 5.97. The van der Waals surface area contributed by atoms with E-state index in [2.05, 4.69) is 10.3 Å². The van der Waals surface area contributed by atoms with Crippen molar-refractivity contribution in [3.8, 4) is 11.3 Å². The zero-order valence-electron chi connectivity index (χ0n) is 12.6. The Morgan fingerprint density at radius 1 is 1.23 bits per heavy atom. The van der Waals surface area contributed by atoms with Crippen LogP contribution < -0.4 is 5.32 Å². The molecule has 5 heteroatoms. The maximum Gasteiger partial charge on any atom is 0.274 e. The lowest BCUT2D eigenvalue weighted by Gasteiger charge is -2.25. The molecule has 22 heavy (non-hydrogen) atoms. The van der Waals surface area contributed by atoms with E-state index in [1.165, 1.54) is 6.39 Å². The lowest BCUT2D eigenvalue weighted by molar-refractivity contribution is 0.0864. The van der Waals surface area contributed by atoms with Crippen molar-refractivity contribution in [2.75, 3.05) is 0 Å². The third-order valence-corrected chi connectivity index (χ3v) is 4.13. The van der Waals surface area contributed by atoms with E-state index in [-0.39, 0.29) is 18.1 Å². The summed E-state index contributed by atoms with van der Waals surface area (Å²) in [7, 11) is 0. The Balaban J connectivity index is 1.74. The van der Waals surface area contributed by atoms with E-state index < -0.39 is 0 Å². The standard InChI is InChI=1S/C17H20N2O3/c1-11-2-4-12(5-3-11)16-15(18-10-22-16)17(21)19-13-6-8-14(20)9-7-13/h2-5,10,13-14,20H,6-9H2,1H3,(H,19,21). The van der Waals surface area contributed by atoms with Crippen LogP contribution in [0.15, 0.2) is 35.1 Å². The van der Waals surface area contributed by atoms with Crippen molar-refractivity contribution < 1.29 is 14.3 Å². The van der Waals surface area contributed by atoms with Crippen molar-refractivity contribution in [1.29, 1.82) is 0 Å². The van der Waals surface area contributed by atoms with Gasteiger partial charge in [0.15, 0.2) is 17.8 Å². The van der Waals surface area contributed by atoms with Crippen LogP contribution in [0.25, 0.3) is 11.3 Å². The van der Waals surface area contributed by atoms with Crippen LogP contribution in [0.1, 0.15) is 41.7 Å². The van der Waals surface area contributed by atoms with Crippen LogP contribution in [0, 0.1) is 6.92 Å². The summed E-state index contributed by atoms with van der Waals surface area (Å²) in [5, 5.41) is 12.5. The Morgan fingerprint density at radius 3 is 2.59 bits per heavy atom. The molecule has 1 heterocycles. The van der Waals surface area contributed by atoms with Gasteiger partial charge in [-0.25, -0.2) is 4.98 Å². The molecule has 1 aliphatic rings. The van der Waals surface area contributed by atoms with Crippen LogP contribution in [0.3, 0.4) is 0 Å². The predicted octanol–water partition coefficient (Wildman–Crippen LogP) is 2.68. The number of nitrogens with zero attached hydrogens (tertiary/aromatic N) is 1. The van der Waals surface area contributed by atoms with Crippen LogP contribution in [0.2, 0.25) is 0 Å². The number of hydrogen-bond donors (Lipinski definition) is 2. The van der Waals surface area contributed by atoms with Gasteiger partial charge in [0, 0.05) is 11.6 Å². The quantitative estimate of drug-likeness (QED) is 0.914. The van der Waals surface area contributed by atoms with E-state index >= 15 is 0 Å². The smallest absolute Gasteiger partial charge is 0.274 e. The summed E-state index contributed by atoms with van der Waals surface area (Å²) in [6, 6.07) is 7.88. The van der Waals surface area contributed by atoms with Gasteiger partial charge in [-0.15, -0.1) is 0 Å². The van der Waals surface area contributed by atoms with Gasteiger partial charge in [0.05, 0.1) is 6.10 Å². The first-order valence-corrected chi connectivity index (χ1v) is 7.63. The molecule has 2 aromatic rings. The zero-order valence-corrected chi connectivity index (χ0v) is 12.6. The first kappa shape index (κ1) is 14.8. The van der Waals surface area contributed by atoms with Gasteiger partial charge in [0.2, 0.25) is 0 Å². The molecule has 1 aromatic heterocycles. The van der Waals surface area contributed by atoms with Crippen molar-refractivity contribution in [3.05, 3.63) is 41.9 Å². The molecule has 1 aliphatic carbocycles.